The first kappa shape index (κ1) is 35.0. The summed E-state index contributed by atoms with van der Waals surface area (Å²) in [6, 6.07) is 64.3. The minimum Gasteiger partial charge on any atom is -0.309 e. The van der Waals surface area contributed by atoms with E-state index in [0.717, 1.165) is 66.4 Å². The van der Waals surface area contributed by atoms with E-state index in [1.807, 2.05) is 84.1 Å². The molecule has 0 N–H and O–H groups in total. The molecule has 6 nitrogen and oxygen atoms in total. The van der Waals surface area contributed by atoms with Gasteiger partial charge in [0, 0.05) is 53.2 Å². The van der Waals surface area contributed by atoms with Crippen LogP contribution >= 0.6 is 11.3 Å². The van der Waals surface area contributed by atoms with Crippen LogP contribution < -0.4 is 0 Å². The van der Waals surface area contributed by atoms with Crippen LogP contribution in [-0.4, -0.2) is 19.5 Å². The predicted molar refractivity (Wildman–Crippen MR) is 245 cm³/mol. The van der Waals surface area contributed by atoms with E-state index in [1.54, 1.807) is 6.07 Å². The van der Waals surface area contributed by atoms with Gasteiger partial charge in [-0.2, -0.15) is 5.26 Å². The van der Waals surface area contributed by atoms with Gasteiger partial charge in [-0.3, -0.25) is 0 Å². The molecule has 0 aliphatic carbocycles. The van der Waals surface area contributed by atoms with E-state index in [4.69, 9.17) is 21.5 Å². The smallest absolute Gasteiger partial charge is 0.189 e. The Bertz CT molecular complexity index is 3480. The maximum Gasteiger partial charge on any atom is 0.189 e. The van der Waals surface area contributed by atoms with E-state index >= 15 is 0 Å². The number of rotatable bonds is 6. The second kappa shape index (κ2) is 14.3. The van der Waals surface area contributed by atoms with Gasteiger partial charge >= 0.3 is 0 Å². The molecule has 0 aliphatic heterocycles. The first-order chi connectivity index (χ1) is 29.6. The highest BCUT2D eigenvalue weighted by atomic mass is 32.1. The molecule has 0 radical (unpaired) electrons. The van der Waals surface area contributed by atoms with E-state index in [9.17, 15) is 5.26 Å². The number of aromatic nitrogens is 4. The number of nitriles is 1. The fourth-order valence-electron chi connectivity index (χ4n) is 8.30. The summed E-state index contributed by atoms with van der Waals surface area (Å²) in [6.07, 6.45) is 0. The van der Waals surface area contributed by atoms with Crippen molar-refractivity contribution in [3.05, 3.63) is 199 Å². The molecular formula is C53H30N6S. The highest BCUT2D eigenvalue weighted by molar-refractivity contribution is 7.26. The van der Waals surface area contributed by atoms with Crippen LogP contribution in [-0.2, 0) is 0 Å². The number of nitrogens with zero attached hydrogens (tertiary/aromatic N) is 6. The van der Waals surface area contributed by atoms with Crippen molar-refractivity contribution in [1.82, 2.24) is 19.5 Å². The van der Waals surface area contributed by atoms with E-state index in [2.05, 4.69) is 119 Å². The van der Waals surface area contributed by atoms with E-state index < -0.39 is 0 Å². The molecule has 278 valence electrons. The normalized spacial score (nSPS) is 11.3. The molecule has 0 unspecified atom stereocenters. The average molecular weight is 783 g/mol. The van der Waals surface area contributed by atoms with Crippen molar-refractivity contribution in [2.75, 3.05) is 0 Å². The van der Waals surface area contributed by atoms with Crippen molar-refractivity contribution in [3.63, 3.8) is 0 Å². The summed E-state index contributed by atoms with van der Waals surface area (Å²) in [5, 5.41) is 14.4. The lowest BCUT2D eigenvalue weighted by atomic mass is 9.99. The second-order valence-electron chi connectivity index (χ2n) is 14.6. The third-order valence-electron chi connectivity index (χ3n) is 11.1. The second-order valence-corrected chi connectivity index (χ2v) is 15.7. The Hall–Kier alpha value is -8.23. The number of hydrogen-bond donors (Lipinski definition) is 0. The van der Waals surface area contributed by atoms with Gasteiger partial charge in [-0.15, -0.1) is 11.3 Å². The molecule has 0 fully saturated rings. The molecule has 0 amide bonds. The van der Waals surface area contributed by atoms with Crippen LogP contribution in [0.25, 0.3) is 109 Å². The Balaban J connectivity index is 1.20. The van der Waals surface area contributed by atoms with Crippen LogP contribution in [0.1, 0.15) is 5.56 Å². The third kappa shape index (κ3) is 5.89. The van der Waals surface area contributed by atoms with Crippen molar-refractivity contribution in [2.24, 2.45) is 0 Å². The zero-order valence-electron chi connectivity index (χ0n) is 31.9. The van der Waals surface area contributed by atoms with Gasteiger partial charge in [0.25, 0.3) is 0 Å². The van der Waals surface area contributed by atoms with Gasteiger partial charge < -0.3 is 4.57 Å². The van der Waals surface area contributed by atoms with Crippen LogP contribution in [0, 0.1) is 17.9 Å². The molecular weight excluding hydrogens is 753 g/mol. The molecule has 8 aromatic carbocycles. The first-order valence-electron chi connectivity index (χ1n) is 19.5. The molecule has 0 saturated carbocycles. The Kier molecular flexibility index (Phi) is 8.34. The fourth-order valence-corrected chi connectivity index (χ4v) is 9.54. The van der Waals surface area contributed by atoms with Gasteiger partial charge in [0.2, 0.25) is 0 Å². The van der Waals surface area contributed by atoms with Crippen molar-refractivity contribution >= 4 is 59.0 Å². The highest BCUT2D eigenvalue weighted by Gasteiger charge is 2.22. The quantitative estimate of drug-likeness (QED) is 0.158. The molecule has 7 heteroatoms. The summed E-state index contributed by atoms with van der Waals surface area (Å²) in [7, 11) is 0. The van der Waals surface area contributed by atoms with Crippen molar-refractivity contribution in [1.29, 1.82) is 5.26 Å². The maximum absolute atomic E-state index is 9.76. The molecule has 3 heterocycles. The number of thiophene rings is 1. The SMILES string of the molecule is [C-]#[N+]c1cc(C#N)cc(-c2ccc3c(c2)c2ccccc2n3-c2ccc(-c3cccc4c3sc3ccccc34)cc2-c2nc(-c3ccccc3)nc(-c3ccccc3)n2)c1. The summed E-state index contributed by atoms with van der Waals surface area (Å²) in [4.78, 5) is 19.2. The van der Waals surface area contributed by atoms with Crippen molar-refractivity contribution in [3.8, 4) is 68.2 Å². The highest BCUT2D eigenvalue weighted by Crippen LogP contribution is 2.43. The summed E-state index contributed by atoms with van der Waals surface area (Å²) >= 11 is 1.81. The van der Waals surface area contributed by atoms with Crippen molar-refractivity contribution < 1.29 is 0 Å². The van der Waals surface area contributed by atoms with E-state index in [-0.39, 0.29) is 0 Å². The van der Waals surface area contributed by atoms with Crippen LogP contribution in [0.5, 0.6) is 0 Å². The Labute approximate surface area is 349 Å². The summed E-state index contributed by atoms with van der Waals surface area (Å²) in [5.74, 6) is 1.74. The van der Waals surface area contributed by atoms with Gasteiger partial charge in [-0.05, 0) is 76.9 Å². The molecule has 60 heavy (non-hydrogen) atoms. The van der Waals surface area contributed by atoms with E-state index in [0.29, 0.717) is 28.7 Å². The van der Waals surface area contributed by atoms with Crippen LogP contribution in [0.2, 0.25) is 0 Å². The fraction of sp³-hybridized carbons (Fsp3) is 0. The molecule has 0 aliphatic rings. The lowest BCUT2D eigenvalue weighted by molar-refractivity contribution is 1.06. The molecule has 11 aromatic rings. The van der Waals surface area contributed by atoms with Gasteiger partial charge in [0.1, 0.15) is 0 Å². The van der Waals surface area contributed by atoms with Gasteiger partial charge in [0.05, 0.1) is 29.4 Å². The standard InChI is InChI=1S/C53H30N6S/c1-55-39-28-33(32-54)27-38(29-39)36-23-25-47-44(30-36)41-17-8-10-21-46(41)59(47)48-26-24-37(40-19-12-20-43-42-18-9-11-22-49(42)60-50(40)43)31-45(48)53-57-51(34-13-4-2-5-14-34)56-52(58-53)35-15-6-3-7-16-35/h2-31H. The number of para-hydroxylation sites is 1. The molecule has 0 spiro atoms. The van der Waals surface area contributed by atoms with Gasteiger partial charge in [0.15, 0.2) is 23.2 Å². The lowest BCUT2D eigenvalue weighted by Crippen LogP contribution is -2.04. The zero-order valence-corrected chi connectivity index (χ0v) is 32.7. The molecule has 0 saturated heterocycles. The monoisotopic (exact) mass is 782 g/mol. The minimum atomic E-state index is 0.435. The molecule has 3 aromatic heterocycles. The van der Waals surface area contributed by atoms with Gasteiger partial charge in [-0.1, -0.05) is 127 Å². The maximum atomic E-state index is 9.76. The molecule has 0 atom stereocenters. The zero-order chi connectivity index (χ0) is 40.2. The molecule has 0 bridgehead atoms. The van der Waals surface area contributed by atoms with E-state index in [1.165, 1.54) is 20.2 Å². The topological polar surface area (TPSA) is 71.8 Å². The van der Waals surface area contributed by atoms with Crippen LogP contribution in [0.15, 0.2) is 182 Å². The first-order valence-corrected chi connectivity index (χ1v) is 20.3. The predicted octanol–water partition coefficient (Wildman–Crippen LogP) is 14.1. The molecule has 11 rings (SSSR count). The van der Waals surface area contributed by atoms with Crippen molar-refractivity contribution in [2.45, 2.75) is 0 Å². The number of hydrogen-bond acceptors (Lipinski definition) is 5. The summed E-state index contributed by atoms with van der Waals surface area (Å²) < 4.78 is 4.79. The average Bonchev–Trinajstić information content (AvgIpc) is 3.87. The third-order valence-corrected chi connectivity index (χ3v) is 12.3. The summed E-state index contributed by atoms with van der Waals surface area (Å²) in [6.45, 7) is 7.66. The van der Waals surface area contributed by atoms with Crippen LogP contribution in [0.4, 0.5) is 5.69 Å². The number of benzene rings is 8. The minimum absolute atomic E-state index is 0.435. The largest absolute Gasteiger partial charge is 0.309 e. The Morgan fingerprint density at radius 1 is 0.483 bits per heavy atom. The van der Waals surface area contributed by atoms with Gasteiger partial charge in [-0.25, -0.2) is 19.8 Å². The van der Waals surface area contributed by atoms with Crippen LogP contribution in [0.3, 0.4) is 0 Å². The Morgan fingerprint density at radius 3 is 1.88 bits per heavy atom. The number of fused-ring (bicyclic) bond motifs is 6. The summed E-state index contributed by atoms with van der Waals surface area (Å²) in [5.41, 5.74) is 10.5. The Morgan fingerprint density at radius 2 is 1.13 bits per heavy atom. The lowest BCUT2D eigenvalue weighted by Gasteiger charge is -2.16.